The maximum Gasteiger partial charge on any atom is 0.412 e. The average Bonchev–Trinajstić information content (AvgIpc) is 2.97. The van der Waals surface area contributed by atoms with Crippen molar-refractivity contribution in [2.24, 2.45) is 5.41 Å². The zero-order valence-electron chi connectivity index (χ0n) is 14.6. The van der Waals surface area contributed by atoms with Gasteiger partial charge in [-0.05, 0) is 44.9 Å². The molecule has 0 radical (unpaired) electrons. The number of rotatable bonds is 5. The van der Waals surface area contributed by atoms with E-state index in [9.17, 15) is 27.6 Å². The Bertz CT molecular complexity index is 746. The van der Waals surface area contributed by atoms with Crippen LogP contribution in [0.2, 0.25) is 0 Å². The number of carbonyl (C=O) groups is 3. The van der Waals surface area contributed by atoms with Crippen LogP contribution in [-0.4, -0.2) is 30.3 Å². The number of Topliss-reactive ketones (excluding diaryl/α,β-unsaturated/α-hetero) is 2. The lowest BCUT2D eigenvalue weighted by atomic mass is 9.68. The van der Waals surface area contributed by atoms with Crippen LogP contribution in [0.5, 0.6) is 0 Å². The van der Waals surface area contributed by atoms with Crippen LogP contribution in [0.25, 0.3) is 0 Å². The zero-order chi connectivity index (χ0) is 19.7. The van der Waals surface area contributed by atoms with Crippen molar-refractivity contribution >= 4 is 17.5 Å². The molecule has 0 spiro atoms. The van der Waals surface area contributed by atoms with Crippen LogP contribution in [0, 0.1) is 5.41 Å². The summed E-state index contributed by atoms with van der Waals surface area (Å²) in [6, 6.07) is 5.73. The van der Waals surface area contributed by atoms with Crippen molar-refractivity contribution in [2.75, 3.05) is 6.61 Å². The van der Waals surface area contributed by atoms with Crippen molar-refractivity contribution in [1.29, 1.82) is 0 Å². The van der Waals surface area contributed by atoms with Gasteiger partial charge in [0.25, 0.3) is 0 Å². The average molecular weight is 368 g/mol. The van der Waals surface area contributed by atoms with Gasteiger partial charge >= 0.3 is 12.1 Å². The normalized spacial score (nSPS) is 19.0. The zero-order valence-corrected chi connectivity index (χ0v) is 14.6. The standard InChI is InChI=1S/C19H19F3O4/c1-4-26-17(25)14-7-5-13(6-8-14)16-9-15(19(20,21)22)10-18(16,11(2)23)12(3)24/h5-9,16H,4,10H2,1-3H3. The number of allylic oxidation sites excluding steroid dienone is 2. The lowest BCUT2D eigenvalue weighted by molar-refractivity contribution is -0.139. The molecule has 140 valence electrons. The summed E-state index contributed by atoms with van der Waals surface area (Å²) in [5.41, 5.74) is -2.06. The van der Waals surface area contributed by atoms with Crippen LogP contribution in [0.1, 0.15) is 49.0 Å². The molecule has 1 aliphatic rings. The van der Waals surface area contributed by atoms with Crippen LogP contribution in [0.3, 0.4) is 0 Å². The molecule has 2 rings (SSSR count). The van der Waals surface area contributed by atoms with Gasteiger partial charge < -0.3 is 4.74 Å². The predicted molar refractivity (Wildman–Crippen MR) is 87.7 cm³/mol. The highest BCUT2D eigenvalue weighted by Gasteiger charge is 2.55. The summed E-state index contributed by atoms with van der Waals surface area (Å²) in [4.78, 5) is 36.2. The highest BCUT2D eigenvalue weighted by atomic mass is 19.4. The first-order chi connectivity index (χ1) is 12.0. The number of esters is 1. The van der Waals surface area contributed by atoms with Gasteiger partial charge in [0.1, 0.15) is 17.0 Å². The van der Waals surface area contributed by atoms with E-state index in [4.69, 9.17) is 4.74 Å². The number of ketones is 2. The third kappa shape index (κ3) is 3.43. The molecule has 0 saturated heterocycles. The second-order valence-electron chi connectivity index (χ2n) is 6.27. The second-order valence-corrected chi connectivity index (χ2v) is 6.27. The summed E-state index contributed by atoms with van der Waals surface area (Å²) in [6.07, 6.45) is -4.34. The minimum Gasteiger partial charge on any atom is -0.462 e. The molecule has 0 fully saturated rings. The van der Waals surface area contributed by atoms with Gasteiger partial charge in [0.15, 0.2) is 0 Å². The number of benzene rings is 1. The van der Waals surface area contributed by atoms with Crippen LogP contribution in [-0.2, 0) is 14.3 Å². The molecule has 1 unspecified atom stereocenters. The third-order valence-corrected chi connectivity index (χ3v) is 4.77. The van der Waals surface area contributed by atoms with E-state index < -0.39 is 47.0 Å². The summed E-state index contributed by atoms with van der Waals surface area (Å²) >= 11 is 0. The van der Waals surface area contributed by atoms with Crippen molar-refractivity contribution < 1.29 is 32.3 Å². The van der Waals surface area contributed by atoms with Gasteiger partial charge in [0, 0.05) is 11.5 Å². The predicted octanol–water partition coefficient (Wildman–Crippen LogP) is 4.00. The van der Waals surface area contributed by atoms with Crippen molar-refractivity contribution in [3.8, 4) is 0 Å². The number of alkyl halides is 3. The molecule has 0 saturated carbocycles. The summed E-state index contributed by atoms with van der Waals surface area (Å²) in [6.45, 7) is 4.12. The lowest BCUT2D eigenvalue weighted by Crippen LogP contribution is -2.40. The molecular weight excluding hydrogens is 349 g/mol. The highest BCUT2D eigenvalue weighted by molar-refractivity contribution is 6.07. The molecule has 0 heterocycles. The molecule has 7 heteroatoms. The van der Waals surface area contributed by atoms with E-state index >= 15 is 0 Å². The van der Waals surface area contributed by atoms with Crippen LogP contribution in [0.15, 0.2) is 35.9 Å². The van der Waals surface area contributed by atoms with E-state index in [0.717, 1.165) is 19.9 Å². The Hall–Kier alpha value is -2.44. The van der Waals surface area contributed by atoms with Crippen molar-refractivity contribution in [3.05, 3.63) is 47.0 Å². The highest BCUT2D eigenvalue weighted by Crippen LogP contribution is 2.53. The second kappa shape index (κ2) is 7.05. The van der Waals surface area contributed by atoms with Gasteiger partial charge in [-0.3, -0.25) is 9.59 Å². The van der Waals surface area contributed by atoms with Crippen molar-refractivity contribution in [1.82, 2.24) is 0 Å². The summed E-state index contributed by atoms with van der Waals surface area (Å²) < 4.78 is 44.5. The van der Waals surface area contributed by atoms with Gasteiger partial charge in [-0.2, -0.15) is 13.2 Å². The number of hydrogen-bond acceptors (Lipinski definition) is 4. The van der Waals surface area contributed by atoms with Gasteiger partial charge in [-0.15, -0.1) is 0 Å². The van der Waals surface area contributed by atoms with Crippen LogP contribution < -0.4 is 0 Å². The Morgan fingerprint density at radius 1 is 1.12 bits per heavy atom. The van der Waals surface area contributed by atoms with E-state index in [0.29, 0.717) is 5.56 Å². The molecule has 4 nitrogen and oxygen atoms in total. The Balaban J connectivity index is 2.51. The number of carbonyl (C=O) groups excluding carboxylic acids is 3. The maximum absolute atomic E-state index is 13.2. The molecule has 0 aromatic heterocycles. The first-order valence-corrected chi connectivity index (χ1v) is 8.11. The Morgan fingerprint density at radius 3 is 2.08 bits per heavy atom. The molecule has 1 aromatic rings. The Labute approximate surface area is 149 Å². The summed E-state index contributed by atoms with van der Waals surface area (Å²) in [5.74, 6) is -2.81. The minimum absolute atomic E-state index is 0.193. The fourth-order valence-electron chi connectivity index (χ4n) is 3.36. The third-order valence-electron chi connectivity index (χ3n) is 4.77. The fourth-order valence-corrected chi connectivity index (χ4v) is 3.36. The molecule has 0 aliphatic heterocycles. The van der Waals surface area contributed by atoms with E-state index in [-0.39, 0.29) is 12.2 Å². The topological polar surface area (TPSA) is 60.4 Å². The van der Waals surface area contributed by atoms with E-state index in [1.54, 1.807) is 6.92 Å². The molecule has 0 amide bonds. The monoisotopic (exact) mass is 368 g/mol. The van der Waals surface area contributed by atoms with E-state index in [1.807, 2.05) is 0 Å². The fraction of sp³-hybridized carbons (Fsp3) is 0.421. The van der Waals surface area contributed by atoms with Gasteiger partial charge in [-0.1, -0.05) is 18.2 Å². The van der Waals surface area contributed by atoms with Crippen LogP contribution in [0.4, 0.5) is 13.2 Å². The van der Waals surface area contributed by atoms with Crippen molar-refractivity contribution in [3.63, 3.8) is 0 Å². The number of ether oxygens (including phenoxy) is 1. The summed E-state index contributed by atoms with van der Waals surface area (Å²) in [7, 11) is 0. The van der Waals surface area contributed by atoms with E-state index in [1.165, 1.54) is 24.3 Å². The summed E-state index contributed by atoms with van der Waals surface area (Å²) in [5, 5.41) is 0. The first kappa shape index (κ1) is 19.9. The van der Waals surface area contributed by atoms with Gasteiger partial charge in [0.05, 0.1) is 12.2 Å². The molecule has 1 aliphatic carbocycles. The smallest absolute Gasteiger partial charge is 0.412 e. The lowest BCUT2D eigenvalue weighted by Gasteiger charge is -2.31. The molecule has 0 bridgehead atoms. The Morgan fingerprint density at radius 2 is 1.65 bits per heavy atom. The molecule has 0 N–H and O–H groups in total. The SMILES string of the molecule is CCOC(=O)c1ccc(C2C=C(C(F)(F)F)CC2(C(C)=O)C(C)=O)cc1. The number of hydrogen-bond donors (Lipinski definition) is 0. The molecule has 1 aromatic carbocycles. The maximum atomic E-state index is 13.2. The Kier molecular flexibility index (Phi) is 5.39. The van der Waals surface area contributed by atoms with Crippen LogP contribution >= 0.6 is 0 Å². The van der Waals surface area contributed by atoms with Crippen molar-refractivity contribution in [2.45, 2.75) is 39.3 Å². The molecule has 26 heavy (non-hydrogen) atoms. The molecular formula is C19H19F3O4. The number of halogens is 3. The largest absolute Gasteiger partial charge is 0.462 e. The quantitative estimate of drug-likeness (QED) is 0.448. The minimum atomic E-state index is -4.62. The van der Waals surface area contributed by atoms with E-state index in [2.05, 4.69) is 0 Å². The first-order valence-electron chi connectivity index (χ1n) is 8.11. The molecule has 1 atom stereocenters. The van der Waals surface area contributed by atoms with Gasteiger partial charge in [-0.25, -0.2) is 4.79 Å². The van der Waals surface area contributed by atoms with Gasteiger partial charge in [0.2, 0.25) is 0 Å².